The van der Waals surface area contributed by atoms with Crippen molar-refractivity contribution in [3.8, 4) is 0 Å². The number of hydrogen-bond donors (Lipinski definition) is 0. The highest BCUT2D eigenvalue weighted by molar-refractivity contribution is 7.01. The van der Waals surface area contributed by atoms with Crippen LogP contribution < -0.4 is 0 Å². The molecule has 0 saturated carbocycles. The number of rotatable bonds is 2. The van der Waals surface area contributed by atoms with Crippen molar-refractivity contribution in [2.75, 3.05) is 0 Å². The Balaban J connectivity index is 0.000000187. The molecule has 1 aromatic rings. The zero-order valence-electron chi connectivity index (χ0n) is 6.90. The highest BCUT2D eigenvalue weighted by Gasteiger charge is 1.74. The maximum Gasteiger partial charge on any atom is 0.0600 e. The van der Waals surface area contributed by atoms with Gasteiger partial charge in [-0.05, 0) is 0 Å². The molecule has 3 heteroatoms. The van der Waals surface area contributed by atoms with Crippen LogP contribution in [-0.4, -0.2) is 22.2 Å². The van der Waals surface area contributed by atoms with E-state index in [-0.39, 0.29) is 0 Å². The van der Waals surface area contributed by atoms with Crippen LogP contribution in [-0.2, 0) is 0 Å². The Morgan fingerprint density at radius 2 is 1.36 bits per heavy atom. The van der Waals surface area contributed by atoms with Crippen molar-refractivity contribution in [1.29, 1.82) is 0 Å². The van der Waals surface area contributed by atoms with E-state index >= 15 is 0 Å². The molecule has 0 atom stereocenters. The van der Waals surface area contributed by atoms with Crippen molar-refractivity contribution >= 4 is 22.2 Å². The Morgan fingerprint density at radius 1 is 1.00 bits per heavy atom. The molecule has 0 amide bonds. The molecule has 0 aromatic heterocycles. The van der Waals surface area contributed by atoms with Crippen molar-refractivity contribution in [3.63, 3.8) is 0 Å². The third kappa shape index (κ3) is 9.41. The molecule has 1 rings (SSSR count). The average molecular weight is 140 g/mol. The van der Waals surface area contributed by atoms with Gasteiger partial charge in [0.1, 0.15) is 0 Å². The van der Waals surface area contributed by atoms with Gasteiger partial charge in [0.05, 0.1) is 22.2 Å². The van der Waals surface area contributed by atoms with E-state index in [0.717, 1.165) is 0 Å². The summed E-state index contributed by atoms with van der Waals surface area (Å²) in [6.07, 6.45) is 0.663. The smallest absolute Gasteiger partial charge is 0.0600 e. The Hall–Kier alpha value is -0.585. The number of hydrogen-bond acceptors (Lipinski definition) is 0. The maximum absolute atomic E-state index is 5.05. The quantitative estimate of drug-likeness (QED) is 0.546. The van der Waals surface area contributed by atoms with Gasteiger partial charge >= 0.3 is 0 Å². The first kappa shape index (κ1) is 10.4. The van der Waals surface area contributed by atoms with Crippen molar-refractivity contribution in [3.05, 3.63) is 36.4 Å². The van der Waals surface area contributed by atoms with Gasteiger partial charge in [0.25, 0.3) is 0 Å². The standard InChI is InChI=1S/C6H6.C2H5B3/c1-2-4-6-5-3-1;1-4-5-2-3/h1-6H;2H2,1H3. The first-order chi connectivity index (χ1) is 5.41. The van der Waals surface area contributed by atoms with E-state index < -0.39 is 0 Å². The molecule has 0 saturated heterocycles. The fourth-order valence-corrected chi connectivity index (χ4v) is 0.521. The van der Waals surface area contributed by atoms with Gasteiger partial charge in [-0.1, -0.05) is 43.2 Å². The lowest BCUT2D eigenvalue weighted by Gasteiger charge is -1.74. The monoisotopic (exact) mass is 140 g/mol. The summed E-state index contributed by atoms with van der Waals surface area (Å²) in [6.45, 7) is 1.95. The molecule has 0 aliphatic rings. The van der Waals surface area contributed by atoms with E-state index in [9.17, 15) is 0 Å². The minimum atomic E-state index is 0.663. The van der Waals surface area contributed by atoms with E-state index in [0.29, 0.717) is 6.22 Å². The molecule has 0 aliphatic carbocycles. The lowest BCUT2D eigenvalue weighted by atomic mass is 9.37. The summed E-state index contributed by atoms with van der Waals surface area (Å²) in [5, 5.41) is 0. The lowest BCUT2D eigenvalue weighted by Crippen LogP contribution is -1.94. The second kappa shape index (κ2) is 9.41. The second-order valence-electron chi connectivity index (χ2n) is 1.96. The molecule has 4 radical (unpaired) electrons. The molecule has 0 heterocycles. The molecule has 11 heavy (non-hydrogen) atoms. The van der Waals surface area contributed by atoms with E-state index in [2.05, 4.69) is 0 Å². The van der Waals surface area contributed by atoms with Crippen LogP contribution in [0.2, 0.25) is 13.0 Å². The third-order valence-corrected chi connectivity index (χ3v) is 1.04. The van der Waals surface area contributed by atoms with E-state index in [1.807, 2.05) is 57.6 Å². The average Bonchev–Trinajstić information content (AvgIpc) is 2.10. The molecule has 0 fully saturated rings. The third-order valence-electron chi connectivity index (χ3n) is 1.04. The second-order valence-corrected chi connectivity index (χ2v) is 1.96. The minimum Gasteiger partial charge on any atom is -0.121 e. The van der Waals surface area contributed by atoms with Gasteiger partial charge in [-0.25, -0.2) is 0 Å². The van der Waals surface area contributed by atoms with Gasteiger partial charge in [0.2, 0.25) is 0 Å². The Bertz CT molecular complexity index is 113. The first-order valence-corrected chi connectivity index (χ1v) is 3.73. The van der Waals surface area contributed by atoms with Gasteiger partial charge in [0.15, 0.2) is 0 Å². The largest absolute Gasteiger partial charge is 0.121 e. The van der Waals surface area contributed by atoms with E-state index in [1.165, 1.54) is 0 Å². The van der Waals surface area contributed by atoms with Gasteiger partial charge in [0, 0.05) is 0 Å². The summed E-state index contributed by atoms with van der Waals surface area (Å²) < 4.78 is 0. The molecule has 0 nitrogen and oxygen atoms in total. The lowest BCUT2D eigenvalue weighted by molar-refractivity contribution is 1.72. The maximum atomic E-state index is 5.05. The highest BCUT2D eigenvalue weighted by atomic mass is 13.6. The Kier molecular flexibility index (Phi) is 8.91. The molecular formula is C8H11B3. The molecular weight excluding hydrogens is 129 g/mol. The van der Waals surface area contributed by atoms with E-state index in [4.69, 9.17) is 7.85 Å². The van der Waals surface area contributed by atoms with Crippen LogP contribution in [0, 0.1) is 0 Å². The molecule has 0 aliphatic heterocycles. The van der Waals surface area contributed by atoms with Crippen LogP contribution in [0.15, 0.2) is 36.4 Å². The summed E-state index contributed by atoms with van der Waals surface area (Å²) in [5.41, 5.74) is 0. The van der Waals surface area contributed by atoms with E-state index in [1.54, 1.807) is 0 Å². The first-order valence-electron chi connectivity index (χ1n) is 3.73. The minimum absolute atomic E-state index is 0.663. The van der Waals surface area contributed by atoms with Crippen molar-refractivity contribution in [1.82, 2.24) is 0 Å². The van der Waals surface area contributed by atoms with Crippen LogP contribution in [0.3, 0.4) is 0 Å². The predicted octanol–water partition coefficient (Wildman–Crippen LogP) is 1.59. The van der Waals surface area contributed by atoms with Crippen LogP contribution in [0.25, 0.3) is 0 Å². The van der Waals surface area contributed by atoms with Gasteiger partial charge in [-0.2, -0.15) is 0 Å². The molecule has 52 valence electrons. The summed E-state index contributed by atoms with van der Waals surface area (Å²) in [7, 11) is 8.89. The van der Waals surface area contributed by atoms with Gasteiger partial charge in [-0.3, -0.25) is 0 Å². The van der Waals surface area contributed by atoms with Crippen LogP contribution in [0.1, 0.15) is 0 Å². The zero-order chi connectivity index (χ0) is 8.36. The SMILES string of the molecule is [B]C[B][B]C.c1ccccc1. The summed E-state index contributed by atoms with van der Waals surface area (Å²) in [4.78, 5) is 0. The summed E-state index contributed by atoms with van der Waals surface area (Å²) >= 11 is 0. The topological polar surface area (TPSA) is 0 Å². The van der Waals surface area contributed by atoms with Gasteiger partial charge < -0.3 is 0 Å². The normalized spacial score (nSPS) is 7.36. The Morgan fingerprint density at radius 3 is 1.45 bits per heavy atom. The fourth-order valence-electron chi connectivity index (χ4n) is 0.521. The van der Waals surface area contributed by atoms with Crippen molar-refractivity contribution in [2.45, 2.75) is 13.0 Å². The zero-order valence-corrected chi connectivity index (χ0v) is 6.90. The van der Waals surface area contributed by atoms with Crippen LogP contribution in [0.4, 0.5) is 0 Å². The van der Waals surface area contributed by atoms with Crippen LogP contribution in [0.5, 0.6) is 0 Å². The fraction of sp³-hybridized carbons (Fsp3) is 0.250. The molecule has 0 N–H and O–H groups in total. The van der Waals surface area contributed by atoms with Gasteiger partial charge in [-0.15, -0.1) is 6.22 Å². The van der Waals surface area contributed by atoms with Crippen molar-refractivity contribution < 1.29 is 0 Å². The predicted molar refractivity (Wildman–Crippen MR) is 54.4 cm³/mol. The van der Waals surface area contributed by atoms with Crippen LogP contribution >= 0.6 is 0 Å². The molecule has 0 spiro atoms. The number of benzene rings is 1. The summed E-state index contributed by atoms with van der Waals surface area (Å²) in [6, 6.07) is 12.0. The summed E-state index contributed by atoms with van der Waals surface area (Å²) in [5.74, 6) is 0. The van der Waals surface area contributed by atoms with Crippen molar-refractivity contribution in [2.24, 2.45) is 0 Å². The molecule has 0 unspecified atom stereocenters. The molecule has 1 aromatic carbocycles. The Labute approximate surface area is 72.3 Å². The molecule has 0 bridgehead atoms. The highest BCUT2D eigenvalue weighted by Crippen LogP contribution is 1.79.